The van der Waals surface area contributed by atoms with Crippen LogP contribution in [-0.4, -0.2) is 20.8 Å². The van der Waals surface area contributed by atoms with Crippen LogP contribution in [0.15, 0.2) is 30.7 Å². The fourth-order valence-corrected chi connectivity index (χ4v) is 2.16. The Morgan fingerprint density at radius 2 is 2.12 bits per heavy atom. The maximum Gasteiger partial charge on any atom is 0.0676 e. The minimum atomic E-state index is 0.294. The molecule has 0 bridgehead atoms. The summed E-state index contributed by atoms with van der Waals surface area (Å²) < 4.78 is 1.92. The molecule has 4 nitrogen and oxygen atoms in total. The third-order valence-corrected chi connectivity index (χ3v) is 3.04. The van der Waals surface area contributed by atoms with Crippen LogP contribution in [-0.2, 0) is 12.8 Å². The van der Waals surface area contributed by atoms with Crippen LogP contribution in [0.3, 0.4) is 0 Å². The fourth-order valence-electron chi connectivity index (χ4n) is 2.16. The molecule has 1 aliphatic carbocycles. The van der Waals surface area contributed by atoms with Crippen molar-refractivity contribution in [1.82, 2.24) is 14.8 Å². The van der Waals surface area contributed by atoms with Gasteiger partial charge in [-0.25, -0.2) is 4.68 Å². The van der Waals surface area contributed by atoms with Crippen molar-refractivity contribution in [3.63, 3.8) is 0 Å². The van der Waals surface area contributed by atoms with Crippen molar-refractivity contribution in [2.45, 2.75) is 25.3 Å². The first kappa shape index (κ1) is 9.54. The smallest absolute Gasteiger partial charge is 0.0676 e. The Morgan fingerprint density at radius 3 is 2.94 bits per heavy atom. The van der Waals surface area contributed by atoms with Gasteiger partial charge in [0.2, 0.25) is 0 Å². The zero-order chi connectivity index (χ0) is 11.0. The molecule has 2 aromatic heterocycles. The SMILES string of the molecule is NC1CCc2nn(-c3ccncc3)cc2C1. The van der Waals surface area contributed by atoms with Gasteiger partial charge in [0.05, 0.1) is 11.4 Å². The highest BCUT2D eigenvalue weighted by Gasteiger charge is 2.18. The van der Waals surface area contributed by atoms with Gasteiger partial charge in [-0.3, -0.25) is 4.98 Å². The van der Waals surface area contributed by atoms with Crippen molar-refractivity contribution in [3.8, 4) is 5.69 Å². The summed E-state index contributed by atoms with van der Waals surface area (Å²) in [6.45, 7) is 0. The first-order chi connectivity index (χ1) is 7.83. The summed E-state index contributed by atoms with van der Waals surface area (Å²) in [4.78, 5) is 4.00. The Hall–Kier alpha value is -1.68. The van der Waals surface area contributed by atoms with E-state index in [1.165, 1.54) is 11.3 Å². The second kappa shape index (κ2) is 3.72. The number of pyridine rings is 1. The minimum absolute atomic E-state index is 0.294. The van der Waals surface area contributed by atoms with Gasteiger partial charge < -0.3 is 5.73 Å². The number of nitrogens with zero attached hydrogens (tertiary/aromatic N) is 3. The van der Waals surface area contributed by atoms with E-state index in [9.17, 15) is 0 Å². The molecule has 16 heavy (non-hydrogen) atoms. The number of aryl methyl sites for hydroxylation is 1. The Morgan fingerprint density at radius 1 is 1.31 bits per heavy atom. The van der Waals surface area contributed by atoms with E-state index in [1.807, 2.05) is 16.8 Å². The average Bonchev–Trinajstić information content (AvgIpc) is 2.73. The molecule has 3 rings (SSSR count). The Kier molecular flexibility index (Phi) is 2.22. The second-order valence-electron chi connectivity index (χ2n) is 4.25. The highest BCUT2D eigenvalue weighted by molar-refractivity contribution is 5.32. The molecule has 0 amide bonds. The summed E-state index contributed by atoms with van der Waals surface area (Å²) in [5, 5.41) is 4.59. The summed E-state index contributed by atoms with van der Waals surface area (Å²) in [6.07, 6.45) is 8.63. The fraction of sp³-hybridized carbons (Fsp3) is 0.333. The molecule has 2 heterocycles. The van der Waals surface area contributed by atoms with Gasteiger partial charge in [0.1, 0.15) is 0 Å². The summed E-state index contributed by atoms with van der Waals surface area (Å²) in [5.41, 5.74) is 9.48. The molecule has 1 unspecified atom stereocenters. The molecular weight excluding hydrogens is 200 g/mol. The normalized spacial score (nSPS) is 19.4. The number of hydrogen-bond acceptors (Lipinski definition) is 3. The van der Waals surface area contributed by atoms with E-state index in [0.717, 1.165) is 24.9 Å². The number of rotatable bonds is 1. The number of aromatic nitrogens is 3. The first-order valence-electron chi connectivity index (χ1n) is 5.56. The molecule has 1 aliphatic rings. The third-order valence-electron chi connectivity index (χ3n) is 3.04. The van der Waals surface area contributed by atoms with Crippen LogP contribution in [0.4, 0.5) is 0 Å². The molecule has 2 N–H and O–H groups in total. The molecule has 0 aliphatic heterocycles. The van der Waals surface area contributed by atoms with Crippen LogP contribution in [0.2, 0.25) is 0 Å². The van der Waals surface area contributed by atoms with E-state index < -0.39 is 0 Å². The van der Waals surface area contributed by atoms with Gasteiger partial charge in [0.25, 0.3) is 0 Å². The highest BCUT2D eigenvalue weighted by atomic mass is 15.3. The third kappa shape index (κ3) is 1.61. The minimum Gasteiger partial charge on any atom is -0.327 e. The standard InChI is InChI=1S/C12H14N4/c13-10-1-2-12-9(7-10)8-16(15-12)11-3-5-14-6-4-11/h3-6,8,10H,1-2,7,13H2. The van der Waals surface area contributed by atoms with Crippen molar-refractivity contribution < 1.29 is 0 Å². The van der Waals surface area contributed by atoms with Crippen LogP contribution in [0, 0.1) is 0 Å². The van der Waals surface area contributed by atoms with Gasteiger partial charge in [-0.2, -0.15) is 5.10 Å². The molecule has 0 saturated heterocycles. The second-order valence-corrected chi connectivity index (χ2v) is 4.25. The number of nitrogens with two attached hydrogens (primary N) is 1. The molecule has 0 aromatic carbocycles. The van der Waals surface area contributed by atoms with Crippen molar-refractivity contribution in [2.75, 3.05) is 0 Å². The van der Waals surface area contributed by atoms with E-state index in [1.54, 1.807) is 12.4 Å². The van der Waals surface area contributed by atoms with Crippen molar-refractivity contribution in [3.05, 3.63) is 42.0 Å². The Bertz CT molecular complexity index is 489. The van der Waals surface area contributed by atoms with E-state index in [2.05, 4.69) is 16.3 Å². The lowest BCUT2D eigenvalue weighted by Crippen LogP contribution is -2.27. The van der Waals surface area contributed by atoms with E-state index in [4.69, 9.17) is 5.73 Å². The number of fused-ring (bicyclic) bond motifs is 1. The van der Waals surface area contributed by atoms with Gasteiger partial charge in [-0.1, -0.05) is 0 Å². The monoisotopic (exact) mass is 214 g/mol. The van der Waals surface area contributed by atoms with Crippen molar-refractivity contribution >= 4 is 0 Å². The highest BCUT2D eigenvalue weighted by Crippen LogP contribution is 2.20. The summed E-state index contributed by atoms with van der Waals surface area (Å²) in [6, 6.07) is 4.21. The van der Waals surface area contributed by atoms with Crippen LogP contribution in [0.25, 0.3) is 5.69 Å². The van der Waals surface area contributed by atoms with E-state index in [0.29, 0.717) is 6.04 Å². The van der Waals surface area contributed by atoms with Crippen LogP contribution < -0.4 is 5.73 Å². The molecule has 0 radical (unpaired) electrons. The molecule has 0 fully saturated rings. The van der Waals surface area contributed by atoms with Crippen molar-refractivity contribution in [2.24, 2.45) is 5.73 Å². The van der Waals surface area contributed by atoms with Crippen LogP contribution in [0.1, 0.15) is 17.7 Å². The average molecular weight is 214 g/mol. The predicted molar refractivity (Wildman–Crippen MR) is 61.4 cm³/mol. The molecule has 4 heteroatoms. The lowest BCUT2D eigenvalue weighted by molar-refractivity contribution is 0.570. The summed E-state index contributed by atoms with van der Waals surface area (Å²) >= 11 is 0. The maximum absolute atomic E-state index is 5.95. The lowest BCUT2D eigenvalue weighted by atomic mass is 9.94. The van der Waals surface area contributed by atoms with Crippen LogP contribution in [0.5, 0.6) is 0 Å². The van der Waals surface area contributed by atoms with E-state index >= 15 is 0 Å². The van der Waals surface area contributed by atoms with Gasteiger partial charge in [0, 0.05) is 24.6 Å². The molecule has 0 saturated carbocycles. The molecular formula is C12H14N4. The molecule has 2 aromatic rings. The van der Waals surface area contributed by atoms with Crippen molar-refractivity contribution in [1.29, 1.82) is 0 Å². The summed E-state index contributed by atoms with van der Waals surface area (Å²) in [7, 11) is 0. The van der Waals surface area contributed by atoms with E-state index in [-0.39, 0.29) is 0 Å². The van der Waals surface area contributed by atoms with Crippen LogP contribution >= 0.6 is 0 Å². The molecule has 0 spiro atoms. The lowest BCUT2D eigenvalue weighted by Gasteiger charge is -2.15. The zero-order valence-electron chi connectivity index (χ0n) is 9.00. The number of hydrogen-bond donors (Lipinski definition) is 1. The predicted octanol–water partition coefficient (Wildman–Crippen LogP) is 1.08. The molecule has 1 atom stereocenters. The maximum atomic E-state index is 5.95. The van der Waals surface area contributed by atoms with Gasteiger partial charge in [0.15, 0.2) is 0 Å². The Labute approximate surface area is 94.1 Å². The topological polar surface area (TPSA) is 56.7 Å². The van der Waals surface area contributed by atoms with Gasteiger partial charge in [-0.05, 0) is 37.0 Å². The molecule has 82 valence electrons. The zero-order valence-corrected chi connectivity index (χ0v) is 9.00. The Balaban J connectivity index is 1.99. The van der Waals surface area contributed by atoms with Gasteiger partial charge in [-0.15, -0.1) is 0 Å². The first-order valence-corrected chi connectivity index (χ1v) is 5.56. The quantitative estimate of drug-likeness (QED) is 0.773. The summed E-state index contributed by atoms with van der Waals surface area (Å²) in [5.74, 6) is 0. The van der Waals surface area contributed by atoms with Gasteiger partial charge >= 0.3 is 0 Å². The largest absolute Gasteiger partial charge is 0.327 e.